The molecule has 0 radical (unpaired) electrons. The summed E-state index contributed by atoms with van der Waals surface area (Å²) in [7, 11) is 0. The maximum Gasteiger partial charge on any atom is 0.366 e. The van der Waals surface area contributed by atoms with E-state index in [4.69, 9.17) is 9.47 Å². The number of ether oxygens (including phenoxy) is 2. The molecule has 2 aliphatic rings. The fourth-order valence-electron chi connectivity index (χ4n) is 3.44. The Hall–Kier alpha value is -2.71. The first-order valence-electron chi connectivity index (χ1n) is 9.28. The number of fused-ring (bicyclic) bond motifs is 1. The number of hydrogen-bond acceptors (Lipinski definition) is 7. The number of carbonyl (C=O) groups is 2. The van der Waals surface area contributed by atoms with Crippen molar-refractivity contribution in [1.82, 2.24) is 4.98 Å². The largest absolute Gasteiger partial charge is 0.474 e. The van der Waals surface area contributed by atoms with E-state index in [1.165, 1.54) is 17.0 Å². The van der Waals surface area contributed by atoms with Crippen LogP contribution in [0.15, 0.2) is 12.1 Å². The third kappa shape index (κ3) is 3.86. The van der Waals surface area contributed by atoms with Crippen LogP contribution >= 0.6 is 0 Å². The van der Waals surface area contributed by atoms with Crippen molar-refractivity contribution in [3.8, 4) is 5.75 Å². The number of amides is 1. The zero-order chi connectivity index (χ0) is 19.6. The van der Waals surface area contributed by atoms with Gasteiger partial charge in [-0.05, 0) is 55.0 Å². The molecule has 0 aromatic carbocycles. The number of hydrogen-bond donors (Lipinski definition) is 0. The highest BCUT2D eigenvalue weighted by atomic mass is 16.6. The molecule has 1 aromatic rings. The Morgan fingerprint density at radius 2 is 2.11 bits per heavy atom. The van der Waals surface area contributed by atoms with Crippen LogP contribution in [0, 0.1) is 10.1 Å². The van der Waals surface area contributed by atoms with E-state index in [9.17, 15) is 19.7 Å². The molecule has 3 rings (SSSR count). The molecular weight excluding hydrogens is 354 g/mol. The van der Waals surface area contributed by atoms with Gasteiger partial charge in [-0.2, -0.15) is 0 Å². The van der Waals surface area contributed by atoms with Crippen molar-refractivity contribution < 1.29 is 24.0 Å². The van der Waals surface area contributed by atoms with Gasteiger partial charge in [-0.1, -0.05) is 13.3 Å². The molecule has 9 heteroatoms. The van der Waals surface area contributed by atoms with E-state index in [1.807, 2.05) is 0 Å². The van der Waals surface area contributed by atoms with Gasteiger partial charge in [-0.15, -0.1) is 0 Å². The summed E-state index contributed by atoms with van der Waals surface area (Å²) in [5.41, 5.74) is 0. The third-order valence-corrected chi connectivity index (χ3v) is 4.96. The van der Waals surface area contributed by atoms with Crippen molar-refractivity contribution in [3.05, 3.63) is 22.2 Å². The molecule has 2 heterocycles. The predicted molar refractivity (Wildman–Crippen MR) is 95.5 cm³/mol. The van der Waals surface area contributed by atoms with Gasteiger partial charge in [0.25, 0.3) is 11.7 Å². The number of pyridine rings is 1. The maximum atomic E-state index is 12.8. The Morgan fingerprint density at radius 1 is 1.41 bits per heavy atom. The summed E-state index contributed by atoms with van der Waals surface area (Å²) in [4.78, 5) is 41.0. The molecule has 0 N–H and O–H groups in total. The minimum Gasteiger partial charge on any atom is -0.474 e. The van der Waals surface area contributed by atoms with Crippen LogP contribution in [-0.4, -0.2) is 40.0 Å². The molecule has 9 nitrogen and oxygen atoms in total. The maximum absolute atomic E-state index is 12.8. The van der Waals surface area contributed by atoms with Crippen LogP contribution in [0.25, 0.3) is 0 Å². The summed E-state index contributed by atoms with van der Waals surface area (Å²) < 4.78 is 11.2. The second-order valence-corrected chi connectivity index (χ2v) is 6.84. The third-order valence-electron chi connectivity index (χ3n) is 4.96. The first kappa shape index (κ1) is 19.1. The van der Waals surface area contributed by atoms with Crippen molar-refractivity contribution in [1.29, 1.82) is 0 Å². The van der Waals surface area contributed by atoms with E-state index in [2.05, 4.69) is 4.98 Å². The first-order chi connectivity index (χ1) is 12.9. The lowest BCUT2D eigenvalue weighted by atomic mass is 9.98. The fraction of sp³-hybridized carbons (Fsp3) is 0.611. The molecule has 0 spiro atoms. The monoisotopic (exact) mass is 377 g/mol. The normalized spacial score (nSPS) is 21.2. The Bertz CT molecular complexity index is 747. The van der Waals surface area contributed by atoms with Gasteiger partial charge in [0.1, 0.15) is 12.1 Å². The molecule has 27 heavy (non-hydrogen) atoms. The molecule has 2 unspecified atom stereocenters. The topological polar surface area (TPSA) is 112 Å². The Kier molecular flexibility index (Phi) is 5.57. The average molecular weight is 377 g/mol. The number of esters is 1. The first-order valence-corrected chi connectivity index (χ1v) is 9.28. The summed E-state index contributed by atoms with van der Waals surface area (Å²) >= 11 is 0. The molecule has 0 bridgehead atoms. The van der Waals surface area contributed by atoms with E-state index < -0.39 is 34.8 Å². The number of aromatic nitrogens is 1. The van der Waals surface area contributed by atoms with Crippen LogP contribution < -0.4 is 9.64 Å². The second-order valence-electron chi connectivity index (χ2n) is 6.84. The van der Waals surface area contributed by atoms with Gasteiger partial charge in [0.15, 0.2) is 11.9 Å². The van der Waals surface area contributed by atoms with E-state index in [-0.39, 0.29) is 17.7 Å². The van der Waals surface area contributed by atoms with Crippen molar-refractivity contribution in [2.75, 3.05) is 4.90 Å². The molecule has 1 aliphatic carbocycles. The van der Waals surface area contributed by atoms with Gasteiger partial charge in [-0.3, -0.25) is 9.69 Å². The highest BCUT2D eigenvalue weighted by Crippen LogP contribution is 2.36. The number of carbonyl (C=O) groups excluding carboxylic acids is 2. The molecule has 146 valence electrons. The summed E-state index contributed by atoms with van der Waals surface area (Å²) in [5.74, 6) is -1.19. The van der Waals surface area contributed by atoms with Gasteiger partial charge in [0.2, 0.25) is 0 Å². The van der Waals surface area contributed by atoms with Crippen molar-refractivity contribution in [3.63, 3.8) is 0 Å². The zero-order valence-corrected chi connectivity index (χ0v) is 15.4. The SMILES string of the molecule is CCC1Oc2ccc([N+](=O)[O-])nc2N(C(C)C(=O)OC2CCCCC2)C1=O. The minimum atomic E-state index is -0.953. The Balaban J connectivity index is 1.89. The lowest BCUT2D eigenvalue weighted by molar-refractivity contribution is -0.389. The zero-order valence-electron chi connectivity index (χ0n) is 15.4. The second kappa shape index (κ2) is 7.89. The fourth-order valence-corrected chi connectivity index (χ4v) is 3.44. The van der Waals surface area contributed by atoms with Crippen molar-refractivity contribution in [2.45, 2.75) is 70.6 Å². The number of nitrogens with zero attached hydrogens (tertiary/aromatic N) is 3. The predicted octanol–water partition coefficient (Wildman–Crippen LogP) is 2.76. The Labute approximate surface area is 156 Å². The highest BCUT2D eigenvalue weighted by Gasteiger charge is 2.43. The molecule has 1 fully saturated rings. The molecule has 0 saturated heterocycles. The van der Waals surface area contributed by atoms with Crippen LogP contribution in [0.5, 0.6) is 5.75 Å². The summed E-state index contributed by atoms with van der Waals surface area (Å²) in [6, 6.07) is 1.66. The van der Waals surface area contributed by atoms with Gasteiger partial charge >= 0.3 is 11.8 Å². The van der Waals surface area contributed by atoms with E-state index in [0.717, 1.165) is 32.1 Å². The number of anilines is 1. The molecular formula is C18H23N3O6. The van der Waals surface area contributed by atoms with Crippen LogP contribution in [0.1, 0.15) is 52.4 Å². The van der Waals surface area contributed by atoms with E-state index >= 15 is 0 Å². The number of nitro groups is 1. The average Bonchev–Trinajstić information content (AvgIpc) is 2.67. The molecule has 1 aliphatic heterocycles. The molecule has 1 aromatic heterocycles. The lowest BCUT2D eigenvalue weighted by Crippen LogP contribution is -2.53. The van der Waals surface area contributed by atoms with Crippen LogP contribution in [0.4, 0.5) is 11.6 Å². The highest BCUT2D eigenvalue weighted by molar-refractivity contribution is 6.03. The van der Waals surface area contributed by atoms with Crippen LogP contribution in [0.3, 0.4) is 0 Å². The molecule has 1 amide bonds. The smallest absolute Gasteiger partial charge is 0.366 e. The molecule has 1 saturated carbocycles. The van der Waals surface area contributed by atoms with Crippen molar-refractivity contribution in [2.24, 2.45) is 0 Å². The quantitative estimate of drug-likeness (QED) is 0.440. The van der Waals surface area contributed by atoms with Gasteiger partial charge in [0, 0.05) is 6.07 Å². The summed E-state index contributed by atoms with van der Waals surface area (Å²) in [5, 5.41) is 11.1. The van der Waals surface area contributed by atoms with E-state index in [0.29, 0.717) is 6.42 Å². The summed E-state index contributed by atoms with van der Waals surface area (Å²) in [6.45, 7) is 3.33. The van der Waals surface area contributed by atoms with E-state index in [1.54, 1.807) is 13.8 Å². The summed E-state index contributed by atoms with van der Waals surface area (Å²) in [6.07, 6.45) is 4.26. The van der Waals surface area contributed by atoms with Gasteiger partial charge < -0.3 is 19.6 Å². The van der Waals surface area contributed by atoms with Crippen LogP contribution in [0.2, 0.25) is 0 Å². The van der Waals surface area contributed by atoms with Gasteiger partial charge in [-0.25, -0.2) is 4.79 Å². The van der Waals surface area contributed by atoms with Crippen molar-refractivity contribution >= 4 is 23.5 Å². The lowest BCUT2D eigenvalue weighted by Gasteiger charge is -2.34. The standard InChI is InChI=1S/C18H23N3O6/c1-3-13-17(22)20(11(2)18(23)26-12-7-5-4-6-8-12)16-14(27-13)9-10-15(19-16)21(24)25/h9-13H,3-8H2,1-2H3. The molecule has 2 atom stereocenters. The van der Waals surface area contributed by atoms with Crippen LogP contribution in [-0.2, 0) is 14.3 Å². The van der Waals surface area contributed by atoms with Gasteiger partial charge in [0.05, 0.1) is 0 Å². The Morgan fingerprint density at radius 3 is 2.74 bits per heavy atom. The minimum absolute atomic E-state index is 0.0213. The number of rotatable bonds is 5.